The molecule has 20 heavy (non-hydrogen) atoms. The molecule has 0 aromatic heterocycles. The second-order valence-electron chi connectivity index (χ2n) is 5.78. The van der Waals surface area contributed by atoms with Crippen LogP contribution in [0, 0.1) is 5.92 Å². The summed E-state index contributed by atoms with van der Waals surface area (Å²) in [6.07, 6.45) is 1.24. The predicted octanol–water partition coefficient (Wildman–Crippen LogP) is 2.32. The highest BCUT2D eigenvalue weighted by Crippen LogP contribution is 2.18. The van der Waals surface area contributed by atoms with Crippen molar-refractivity contribution in [2.75, 3.05) is 19.7 Å². The van der Waals surface area contributed by atoms with E-state index >= 15 is 0 Å². The Kier molecular flexibility index (Phi) is 5.01. The number of nitrogens with zero attached hydrogens (tertiary/aromatic N) is 1. The Labute approximate surface area is 120 Å². The number of hydrogen-bond acceptors (Lipinski definition) is 3. The first-order chi connectivity index (χ1) is 9.56. The van der Waals surface area contributed by atoms with Crippen LogP contribution in [0.25, 0.3) is 0 Å². The van der Waals surface area contributed by atoms with Crippen molar-refractivity contribution in [3.8, 4) is 5.75 Å². The molecule has 1 aromatic rings. The van der Waals surface area contributed by atoms with Crippen LogP contribution in [0.5, 0.6) is 5.75 Å². The molecule has 0 unspecified atom stereocenters. The van der Waals surface area contributed by atoms with Gasteiger partial charge in [-0.3, -0.25) is 4.79 Å². The number of amides is 1. The number of carbonyl (C=O) groups excluding carboxylic acids is 1. The average molecular weight is 277 g/mol. The van der Waals surface area contributed by atoms with Gasteiger partial charge < -0.3 is 14.7 Å². The first-order valence-electron chi connectivity index (χ1n) is 7.26. The van der Waals surface area contributed by atoms with Gasteiger partial charge in [-0.2, -0.15) is 0 Å². The third kappa shape index (κ3) is 3.97. The van der Waals surface area contributed by atoms with Crippen LogP contribution in [-0.4, -0.2) is 41.7 Å². The van der Waals surface area contributed by atoms with E-state index in [1.807, 2.05) is 12.1 Å². The van der Waals surface area contributed by atoms with E-state index in [1.54, 1.807) is 17.0 Å². The summed E-state index contributed by atoms with van der Waals surface area (Å²) in [7, 11) is 0. The Hall–Kier alpha value is -1.55. The van der Waals surface area contributed by atoms with E-state index in [-0.39, 0.29) is 5.91 Å². The predicted molar refractivity (Wildman–Crippen MR) is 77.9 cm³/mol. The zero-order valence-corrected chi connectivity index (χ0v) is 12.2. The van der Waals surface area contributed by atoms with E-state index in [4.69, 9.17) is 4.74 Å². The molecule has 0 spiro atoms. The molecule has 1 fully saturated rings. The Morgan fingerprint density at radius 3 is 3.00 bits per heavy atom. The SMILES string of the molecule is CC(C)COc1cccc(C(=O)N2CCC[C@H](O)C2)c1. The molecule has 2 rings (SSSR count). The lowest BCUT2D eigenvalue weighted by Crippen LogP contribution is -2.42. The van der Waals surface area contributed by atoms with E-state index in [0.29, 0.717) is 31.2 Å². The normalized spacial score (nSPS) is 19.2. The summed E-state index contributed by atoms with van der Waals surface area (Å²) in [4.78, 5) is 14.1. The van der Waals surface area contributed by atoms with Crippen LogP contribution in [0.2, 0.25) is 0 Å². The molecule has 1 N–H and O–H groups in total. The zero-order valence-electron chi connectivity index (χ0n) is 12.2. The number of rotatable bonds is 4. The van der Waals surface area contributed by atoms with E-state index in [2.05, 4.69) is 13.8 Å². The molecule has 4 nitrogen and oxygen atoms in total. The van der Waals surface area contributed by atoms with Crippen molar-refractivity contribution in [3.63, 3.8) is 0 Å². The average Bonchev–Trinajstić information content (AvgIpc) is 2.44. The molecule has 0 aliphatic carbocycles. The van der Waals surface area contributed by atoms with Gasteiger partial charge in [0.2, 0.25) is 0 Å². The van der Waals surface area contributed by atoms with Crippen molar-refractivity contribution >= 4 is 5.91 Å². The van der Waals surface area contributed by atoms with Crippen LogP contribution in [0.3, 0.4) is 0 Å². The maximum atomic E-state index is 12.4. The molecule has 0 bridgehead atoms. The monoisotopic (exact) mass is 277 g/mol. The van der Waals surface area contributed by atoms with Gasteiger partial charge in [-0.05, 0) is 37.0 Å². The van der Waals surface area contributed by atoms with Gasteiger partial charge in [-0.25, -0.2) is 0 Å². The van der Waals surface area contributed by atoms with E-state index in [1.165, 1.54) is 0 Å². The lowest BCUT2D eigenvalue weighted by Gasteiger charge is -2.30. The van der Waals surface area contributed by atoms with Gasteiger partial charge in [0.25, 0.3) is 5.91 Å². The Morgan fingerprint density at radius 1 is 1.50 bits per heavy atom. The summed E-state index contributed by atoms with van der Waals surface area (Å²) in [5.74, 6) is 1.15. The molecule has 110 valence electrons. The van der Waals surface area contributed by atoms with Gasteiger partial charge in [-0.1, -0.05) is 19.9 Å². The van der Waals surface area contributed by atoms with Crippen LogP contribution >= 0.6 is 0 Å². The van der Waals surface area contributed by atoms with Crippen LogP contribution < -0.4 is 4.74 Å². The summed E-state index contributed by atoms with van der Waals surface area (Å²) >= 11 is 0. The number of aliphatic hydroxyl groups is 1. The van der Waals surface area contributed by atoms with Gasteiger partial charge >= 0.3 is 0 Å². The van der Waals surface area contributed by atoms with Crippen molar-refractivity contribution < 1.29 is 14.6 Å². The number of hydrogen-bond donors (Lipinski definition) is 1. The minimum Gasteiger partial charge on any atom is -0.493 e. The Bertz CT molecular complexity index is 459. The molecule has 1 aliphatic rings. The van der Waals surface area contributed by atoms with Crippen LogP contribution in [0.1, 0.15) is 37.0 Å². The van der Waals surface area contributed by atoms with E-state index in [9.17, 15) is 9.90 Å². The number of likely N-dealkylation sites (tertiary alicyclic amines) is 1. The quantitative estimate of drug-likeness (QED) is 0.919. The highest BCUT2D eigenvalue weighted by molar-refractivity contribution is 5.94. The van der Waals surface area contributed by atoms with Crippen molar-refractivity contribution in [2.24, 2.45) is 5.92 Å². The largest absolute Gasteiger partial charge is 0.493 e. The van der Waals surface area contributed by atoms with Crippen molar-refractivity contribution in [1.29, 1.82) is 0 Å². The van der Waals surface area contributed by atoms with Crippen molar-refractivity contribution in [3.05, 3.63) is 29.8 Å². The van der Waals surface area contributed by atoms with Crippen molar-refractivity contribution in [2.45, 2.75) is 32.8 Å². The number of ether oxygens (including phenoxy) is 1. The number of piperidine rings is 1. The van der Waals surface area contributed by atoms with Gasteiger partial charge in [0.05, 0.1) is 12.7 Å². The molecule has 1 saturated heterocycles. The smallest absolute Gasteiger partial charge is 0.254 e. The number of β-amino-alcohol motifs (C(OH)–C–C–N with tert-alkyl or cyclic N) is 1. The fraction of sp³-hybridized carbons (Fsp3) is 0.562. The number of benzene rings is 1. The summed E-state index contributed by atoms with van der Waals surface area (Å²) < 4.78 is 5.65. The minimum absolute atomic E-state index is 0.0289. The third-order valence-electron chi connectivity index (χ3n) is 3.35. The molecule has 1 heterocycles. The Morgan fingerprint density at radius 2 is 2.30 bits per heavy atom. The topological polar surface area (TPSA) is 49.8 Å². The van der Waals surface area contributed by atoms with Crippen LogP contribution in [0.15, 0.2) is 24.3 Å². The van der Waals surface area contributed by atoms with E-state index < -0.39 is 6.10 Å². The van der Waals surface area contributed by atoms with E-state index in [0.717, 1.165) is 18.6 Å². The van der Waals surface area contributed by atoms with Gasteiger partial charge in [0.15, 0.2) is 0 Å². The molecule has 0 radical (unpaired) electrons. The zero-order chi connectivity index (χ0) is 14.5. The summed E-state index contributed by atoms with van der Waals surface area (Å²) in [6.45, 7) is 5.96. The maximum absolute atomic E-state index is 12.4. The van der Waals surface area contributed by atoms with Gasteiger partial charge in [0, 0.05) is 18.7 Å². The molecule has 1 aromatic carbocycles. The molecule has 0 saturated carbocycles. The lowest BCUT2D eigenvalue weighted by molar-refractivity contribution is 0.0473. The van der Waals surface area contributed by atoms with Crippen LogP contribution in [-0.2, 0) is 0 Å². The fourth-order valence-corrected chi connectivity index (χ4v) is 2.30. The molecule has 1 atom stereocenters. The molecule has 1 amide bonds. The highest BCUT2D eigenvalue weighted by Gasteiger charge is 2.23. The Balaban J connectivity index is 2.04. The van der Waals surface area contributed by atoms with Gasteiger partial charge in [0.1, 0.15) is 5.75 Å². The fourth-order valence-electron chi connectivity index (χ4n) is 2.30. The second-order valence-corrected chi connectivity index (χ2v) is 5.78. The van der Waals surface area contributed by atoms with Gasteiger partial charge in [-0.15, -0.1) is 0 Å². The summed E-state index contributed by atoms with van der Waals surface area (Å²) in [6, 6.07) is 7.28. The summed E-state index contributed by atoms with van der Waals surface area (Å²) in [5, 5.41) is 9.66. The molecule has 1 aliphatic heterocycles. The van der Waals surface area contributed by atoms with Crippen molar-refractivity contribution in [1.82, 2.24) is 4.90 Å². The first kappa shape index (κ1) is 14.9. The molecular formula is C16H23NO3. The maximum Gasteiger partial charge on any atom is 0.254 e. The molecule has 4 heteroatoms. The third-order valence-corrected chi connectivity index (χ3v) is 3.35. The number of carbonyl (C=O) groups is 1. The van der Waals surface area contributed by atoms with Crippen LogP contribution in [0.4, 0.5) is 0 Å². The standard InChI is InChI=1S/C16H23NO3/c1-12(2)11-20-15-7-3-5-13(9-15)16(19)17-8-4-6-14(18)10-17/h3,5,7,9,12,14,18H,4,6,8,10-11H2,1-2H3/t14-/m0/s1. The second kappa shape index (κ2) is 6.75. The number of aliphatic hydroxyl groups excluding tert-OH is 1. The highest BCUT2D eigenvalue weighted by atomic mass is 16.5. The minimum atomic E-state index is -0.395. The first-order valence-corrected chi connectivity index (χ1v) is 7.26. The molecular weight excluding hydrogens is 254 g/mol. The lowest BCUT2D eigenvalue weighted by atomic mass is 10.1. The summed E-state index contributed by atoms with van der Waals surface area (Å²) in [5.41, 5.74) is 0.625.